The summed E-state index contributed by atoms with van der Waals surface area (Å²) in [6.07, 6.45) is 0. The number of ether oxygens (including phenoxy) is 1. The number of anilines is 1. The van der Waals surface area contributed by atoms with Gasteiger partial charge in [0.05, 0.1) is 24.7 Å². The van der Waals surface area contributed by atoms with Crippen molar-refractivity contribution >= 4 is 17.2 Å². The Morgan fingerprint density at radius 3 is 2.46 bits per heavy atom. The van der Waals surface area contributed by atoms with Gasteiger partial charge in [-0.2, -0.15) is 0 Å². The monoisotopic (exact) mass is 384 g/mol. The lowest BCUT2D eigenvalue weighted by atomic mass is 10.0. The Hall–Kier alpha value is -2.77. The van der Waals surface area contributed by atoms with E-state index in [0.717, 1.165) is 26.3 Å². The van der Waals surface area contributed by atoms with Gasteiger partial charge >= 0.3 is 0 Å². The molecule has 1 saturated heterocycles. The fraction of sp³-hybridized carbons (Fsp3) is 0.381. The summed E-state index contributed by atoms with van der Waals surface area (Å²) < 4.78 is 5.42. The van der Waals surface area contributed by atoms with Crippen molar-refractivity contribution in [3.8, 4) is 0 Å². The third kappa shape index (κ3) is 4.55. The molecule has 0 unspecified atom stereocenters. The lowest BCUT2D eigenvalue weighted by Crippen LogP contribution is -3.21. The molecule has 2 aromatic rings. The number of hydrogen-bond donors (Lipinski definition) is 2. The van der Waals surface area contributed by atoms with Crippen LogP contribution in [0.2, 0.25) is 0 Å². The topological polar surface area (TPSA) is 85.9 Å². The number of benzene rings is 2. The molecule has 7 heteroatoms. The van der Waals surface area contributed by atoms with Gasteiger partial charge in [0.25, 0.3) is 5.69 Å². The number of carbonyl (C=O) groups excluding carboxylic acids is 1. The van der Waals surface area contributed by atoms with E-state index in [0.29, 0.717) is 23.4 Å². The molecule has 2 N–H and O–H groups in total. The molecular weight excluding hydrogens is 358 g/mol. The third-order valence-electron chi connectivity index (χ3n) is 5.27. The number of morpholine rings is 1. The highest BCUT2D eigenvalue weighted by atomic mass is 16.6. The fourth-order valence-electron chi connectivity index (χ4n) is 3.47. The summed E-state index contributed by atoms with van der Waals surface area (Å²) in [5.41, 5.74) is 1.05. The van der Waals surface area contributed by atoms with E-state index >= 15 is 0 Å². The molecule has 0 amide bonds. The lowest BCUT2D eigenvalue weighted by molar-refractivity contribution is -0.953. The Bertz CT molecular complexity index is 846. The zero-order valence-corrected chi connectivity index (χ0v) is 16.2. The average Bonchev–Trinajstić information content (AvgIpc) is 2.73. The van der Waals surface area contributed by atoms with E-state index in [9.17, 15) is 14.9 Å². The van der Waals surface area contributed by atoms with Gasteiger partial charge in [-0.25, -0.2) is 0 Å². The number of nitrogens with one attached hydrogen (secondary N) is 2. The summed E-state index contributed by atoms with van der Waals surface area (Å²) in [4.78, 5) is 25.2. The lowest BCUT2D eigenvalue weighted by Gasteiger charge is -2.37. The van der Waals surface area contributed by atoms with Crippen LogP contribution in [0.5, 0.6) is 0 Å². The predicted molar refractivity (Wildman–Crippen MR) is 107 cm³/mol. The van der Waals surface area contributed by atoms with Gasteiger partial charge in [0.2, 0.25) is 0 Å². The molecule has 2 aromatic carbocycles. The second-order valence-corrected chi connectivity index (χ2v) is 7.64. The molecule has 0 saturated carbocycles. The highest BCUT2D eigenvalue weighted by Gasteiger charge is 2.32. The zero-order valence-electron chi connectivity index (χ0n) is 16.2. The van der Waals surface area contributed by atoms with Crippen molar-refractivity contribution in [2.75, 3.05) is 38.2 Å². The number of ketones is 1. The SMILES string of the molecule is CC(C)(CNc1ccc(C(=O)c2ccccc2)cc1[N+](=O)[O-])[NH+]1CCOCC1. The Morgan fingerprint density at radius 1 is 1.14 bits per heavy atom. The van der Waals surface area contributed by atoms with Gasteiger partial charge in [-0.15, -0.1) is 0 Å². The van der Waals surface area contributed by atoms with Crippen molar-refractivity contribution in [2.45, 2.75) is 19.4 Å². The summed E-state index contributed by atoms with van der Waals surface area (Å²) >= 11 is 0. The van der Waals surface area contributed by atoms with Crippen molar-refractivity contribution in [1.82, 2.24) is 0 Å². The molecule has 3 rings (SSSR count). The van der Waals surface area contributed by atoms with Gasteiger partial charge in [0, 0.05) is 17.2 Å². The molecule has 1 fully saturated rings. The van der Waals surface area contributed by atoms with E-state index in [2.05, 4.69) is 19.2 Å². The third-order valence-corrected chi connectivity index (χ3v) is 5.27. The van der Waals surface area contributed by atoms with Crippen LogP contribution >= 0.6 is 0 Å². The van der Waals surface area contributed by atoms with E-state index in [1.165, 1.54) is 11.0 Å². The largest absolute Gasteiger partial charge is 0.373 e. The molecule has 1 aliphatic heterocycles. The van der Waals surface area contributed by atoms with E-state index in [1.54, 1.807) is 36.4 Å². The van der Waals surface area contributed by atoms with Crippen LogP contribution in [0, 0.1) is 10.1 Å². The molecule has 0 bridgehead atoms. The van der Waals surface area contributed by atoms with Crippen LogP contribution < -0.4 is 10.2 Å². The van der Waals surface area contributed by atoms with Crippen LogP contribution in [0.1, 0.15) is 29.8 Å². The molecule has 0 radical (unpaired) electrons. The van der Waals surface area contributed by atoms with Gasteiger partial charge in [-0.05, 0) is 26.0 Å². The summed E-state index contributed by atoms with van der Waals surface area (Å²) in [6.45, 7) is 8.15. The van der Waals surface area contributed by atoms with Crippen LogP contribution in [0.25, 0.3) is 0 Å². The van der Waals surface area contributed by atoms with Crippen LogP contribution in [-0.4, -0.2) is 49.1 Å². The highest BCUT2D eigenvalue weighted by molar-refractivity contribution is 6.09. The maximum atomic E-state index is 12.6. The van der Waals surface area contributed by atoms with Gasteiger partial charge < -0.3 is 15.0 Å². The Labute approximate surface area is 164 Å². The fourth-order valence-corrected chi connectivity index (χ4v) is 3.47. The molecule has 1 heterocycles. The Kier molecular flexibility index (Phi) is 6.06. The van der Waals surface area contributed by atoms with E-state index < -0.39 is 4.92 Å². The number of carbonyl (C=O) groups is 1. The van der Waals surface area contributed by atoms with Crippen LogP contribution in [0.15, 0.2) is 48.5 Å². The Balaban J connectivity index is 1.78. The summed E-state index contributed by atoms with van der Waals surface area (Å²) in [7, 11) is 0. The van der Waals surface area contributed by atoms with Crippen LogP contribution in [-0.2, 0) is 4.74 Å². The summed E-state index contributed by atoms with van der Waals surface area (Å²) in [6, 6.07) is 13.4. The first-order valence-electron chi connectivity index (χ1n) is 9.43. The minimum atomic E-state index is -0.446. The molecule has 7 nitrogen and oxygen atoms in total. The van der Waals surface area contributed by atoms with Crippen molar-refractivity contribution in [2.24, 2.45) is 0 Å². The van der Waals surface area contributed by atoms with Crippen molar-refractivity contribution < 1.29 is 19.4 Å². The standard InChI is InChI=1S/C21H25N3O4/c1-21(2,23-10-12-28-13-11-23)15-22-18-9-8-17(14-19(18)24(26)27)20(25)16-6-4-3-5-7-16/h3-9,14,22H,10-13,15H2,1-2H3/p+1. The van der Waals surface area contributed by atoms with E-state index in [-0.39, 0.29) is 17.0 Å². The number of nitrogens with zero attached hydrogens (tertiary/aromatic N) is 1. The van der Waals surface area contributed by atoms with Gasteiger partial charge in [0.15, 0.2) is 5.78 Å². The quantitative estimate of drug-likeness (QED) is 0.433. The van der Waals surface area contributed by atoms with Crippen molar-refractivity contribution in [3.05, 3.63) is 69.8 Å². The maximum Gasteiger partial charge on any atom is 0.293 e. The normalized spacial score (nSPS) is 15.2. The molecule has 0 aromatic heterocycles. The van der Waals surface area contributed by atoms with Gasteiger partial charge in [0.1, 0.15) is 24.3 Å². The first-order valence-corrected chi connectivity index (χ1v) is 9.43. The van der Waals surface area contributed by atoms with E-state index in [1.807, 2.05) is 6.07 Å². The molecule has 28 heavy (non-hydrogen) atoms. The Morgan fingerprint density at radius 2 is 1.82 bits per heavy atom. The summed E-state index contributed by atoms with van der Waals surface area (Å²) in [5.74, 6) is -0.228. The first kappa shape index (κ1) is 20.0. The minimum Gasteiger partial charge on any atom is -0.373 e. The average molecular weight is 384 g/mol. The van der Waals surface area contributed by atoms with Crippen molar-refractivity contribution in [3.63, 3.8) is 0 Å². The minimum absolute atomic E-state index is 0.0884. The molecule has 0 atom stereocenters. The molecule has 0 spiro atoms. The van der Waals surface area contributed by atoms with Crippen molar-refractivity contribution in [1.29, 1.82) is 0 Å². The zero-order chi connectivity index (χ0) is 20.1. The number of quaternary nitrogens is 1. The molecule has 0 aliphatic carbocycles. The number of nitro benzene ring substituents is 1. The highest BCUT2D eigenvalue weighted by Crippen LogP contribution is 2.27. The van der Waals surface area contributed by atoms with Gasteiger partial charge in [-0.1, -0.05) is 30.3 Å². The van der Waals surface area contributed by atoms with Gasteiger partial charge in [-0.3, -0.25) is 14.9 Å². The number of hydrogen-bond acceptors (Lipinski definition) is 5. The molecule has 1 aliphatic rings. The first-order chi connectivity index (χ1) is 13.4. The maximum absolute atomic E-state index is 12.6. The van der Waals surface area contributed by atoms with E-state index in [4.69, 9.17) is 4.74 Å². The molecular formula is C21H26N3O4+. The smallest absolute Gasteiger partial charge is 0.293 e. The van der Waals surface area contributed by atoms with Crippen LogP contribution in [0.4, 0.5) is 11.4 Å². The predicted octanol–water partition coefficient (Wildman–Crippen LogP) is 1.93. The van der Waals surface area contributed by atoms with Crippen LogP contribution in [0.3, 0.4) is 0 Å². The second-order valence-electron chi connectivity index (χ2n) is 7.64. The number of rotatable bonds is 7. The second kappa shape index (κ2) is 8.50. The molecule has 148 valence electrons. The summed E-state index contributed by atoms with van der Waals surface area (Å²) in [5, 5.41) is 14.8. The number of nitro groups is 1.